The lowest BCUT2D eigenvalue weighted by molar-refractivity contribution is 0.154. The summed E-state index contributed by atoms with van der Waals surface area (Å²) in [4.78, 5) is 4.41. The second-order valence-corrected chi connectivity index (χ2v) is 5.30. The zero-order chi connectivity index (χ0) is 15.2. The monoisotopic (exact) mass is 309 g/mol. The molecule has 2 rings (SSSR count). The van der Waals surface area contributed by atoms with Crippen LogP contribution < -0.4 is 10.1 Å². The maximum Gasteiger partial charge on any atom is 0.267 e. The third-order valence-electron chi connectivity index (χ3n) is 3.22. The van der Waals surface area contributed by atoms with Crippen LogP contribution in [0.5, 0.6) is 5.75 Å². The van der Waals surface area contributed by atoms with E-state index < -0.39 is 0 Å². The summed E-state index contributed by atoms with van der Waals surface area (Å²) in [6, 6.07) is 7.64. The van der Waals surface area contributed by atoms with Crippen LogP contribution in [0.3, 0.4) is 0 Å². The van der Waals surface area contributed by atoms with E-state index in [0.717, 1.165) is 0 Å². The minimum absolute atomic E-state index is 0.292. The van der Waals surface area contributed by atoms with Crippen LogP contribution in [0.1, 0.15) is 38.1 Å². The predicted molar refractivity (Wildman–Crippen MR) is 81.6 cm³/mol. The summed E-state index contributed by atoms with van der Waals surface area (Å²) in [6.45, 7) is 4.06. The molecule has 1 heterocycles. The normalized spacial score (nSPS) is 13.9. The van der Waals surface area contributed by atoms with Crippen LogP contribution in [0.4, 0.5) is 0 Å². The van der Waals surface area contributed by atoms with E-state index >= 15 is 0 Å². The molecule has 0 bridgehead atoms. The van der Waals surface area contributed by atoms with Gasteiger partial charge in [0.25, 0.3) is 5.89 Å². The molecule has 1 aromatic heterocycles. The number of halogens is 1. The van der Waals surface area contributed by atoms with Crippen molar-refractivity contribution in [1.29, 1.82) is 0 Å². The van der Waals surface area contributed by atoms with Gasteiger partial charge in [0.15, 0.2) is 11.9 Å². The van der Waals surface area contributed by atoms with Gasteiger partial charge in [0.05, 0.1) is 5.02 Å². The minimum Gasteiger partial charge on any atom is -0.479 e. The molecule has 1 aromatic carbocycles. The first kappa shape index (κ1) is 15.8. The molecular formula is C15H20ClN3O2. The third kappa shape index (κ3) is 4.19. The number of likely N-dealkylation sites (N-methyl/N-ethyl adjacent to an activating group) is 1. The van der Waals surface area contributed by atoms with Crippen LogP contribution in [-0.2, 0) is 6.42 Å². The molecular weight excluding hydrogens is 290 g/mol. The maximum absolute atomic E-state index is 6.11. The summed E-state index contributed by atoms with van der Waals surface area (Å²) in [5, 5.41) is 7.71. The molecule has 0 amide bonds. The number of para-hydroxylation sites is 1. The Hall–Kier alpha value is -1.59. The summed E-state index contributed by atoms with van der Waals surface area (Å²) in [5.41, 5.74) is 0. The van der Waals surface area contributed by atoms with Gasteiger partial charge in [-0.15, -0.1) is 0 Å². The van der Waals surface area contributed by atoms with Crippen molar-refractivity contribution < 1.29 is 9.26 Å². The van der Waals surface area contributed by atoms with Gasteiger partial charge in [-0.2, -0.15) is 4.98 Å². The Bertz CT molecular complexity index is 574. The Morgan fingerprint density at radius 1 is 1.38 bits per heavy atom. The Kier molecular flexibility index (Phi) is 5.59. The van der Waals surface area contributed by atoms with Gasteiger partial charge in [0.1, 0.15) is 5.75 Å². The van der Waals surface area contributed by atoms with E-state index in [1.807, 2.05) is 32.2 Å². The number of nitrogens with one attached hydrogen (secondary N) is 1. The summed E-state index contributed by atoms with van der Waals surface area (Å²) >= 11 is 6.11. The summed E-state index contributed by atoms with van der Waals surface area (Å²) in [7, 11) is 1.90. The van der Waals surface area contributed by atoms with Crippen molar-refractivity contribution >= 4 is 11.6 Å². The Morgan fingerprint density at radius 3 is 2.81 bits per heavy atom. The van der Waals surface area contributed by atoms with Gasteiger partial charge in [0, 0.05) is 12.5 Å². The quantitative estimate of drug-likeness (QED) is 0.849. The van der Waals surface area contributed by atoms with Crippen molar-refractivity contribution in [2.45, 2.75) is 38.8 Å². The highest BCUT2D eigenvalue weighted by Gasteiger charge is 2.20. The molecule has 0 saturated heterocycles. The fourth-order valence-electron chi connectivity index (χ4n) is 1.86. The van der Waals surface area contributed by atoms with Crippen molar-refractivity contribution in [3.8, 4) is 5.75 Å². The lowest BCUT2D eigenvalue weighted by atomic mass is 10.2. The number of hydrogen-bond acceptors (Lipinski definition) is 5. The molecule has 0 saturated carbocycles. The van der Waals surface area contributed by atoms with Gasteiger partial charge in [-0.05, 0) is 32.5 Å². The number of nitrogens with zero attached hydrogens (tertiary/aromatic N) is 2. The van der Waals surface area contributed by atoms with Gasteiger partial charge < -0.3 is 14.6 Å². The molecule has 0 aliphatic heterocycles. The average molecular weight is 310 g/mol. The molecule has 1 N–H and O–H groups in total. The molecule has 0 aliphatic carbocycles. The second kappa shape index (κ2) is 7.43. The van der Waals surface area contributed by atoms with Gasteiger partial charge in [-0.3, -0.25) is 0 Å². The van der Waals surface area contributed by atoms with Gasteiger partial charge in [0.2, 0.25) is 0 Å². The average Bonchev–Trinajstić information content (AvgIpc) is 2.94. The Labute approximate surface area is 129 Å². The molecule has 0 spiro atoms. The minimum atomic E-state index is -0.295. The molecule has 2 atom stereocenters. The van der Waals surface area contributed by atoms with E-state index in [4.69, 9.17) is 20.9 Å². The van der Waals surface area contributed by atoms with Crippen molar-refractivity contribution in [2.24, 2.45) is 0 Å². The maximum atomic E-state index is 6.11. The summed E-state index contributed by atoms with van der Waals surface area (Å²) in [5.74, 6) is 1.78. The zero-order valence-electron chi connectivity index (χ0n) is 12.5. The largest absolute Gasteiger partial charge is 0.479 e. The third-order valence-corrected chi connectivity index (χ3v) is 3.53. The van der Waals surface area contributed by atoms with Crippen LogP contribution in [0.15, 0.2) is 28.8 Å². The fraction of sp³-hybridized carbons (Fsp3) is 0.467. The number of aromatic nitrogens is 2. The van der Waals surface area contributed by atoms with E-state index in [1.165, 1.54) is 0 Å². The van der Waals surface area contributed by atoms with Crippen LogP contribution in [0.25, 0.3) is 0 Å². The van der Waals surface area contributed by atoms with E-state index in [0.29, 0.717) is 41.4 Å². The smallest absolute Gasteiger partial charge is 0.267 e. The van der Waals surface area contributed by atoms with E-state index in [-0.39, 0.29) is 6.10 Å². The second-order valence-electron chi connectivity index (χ2n) is 4.89. The molecule has 21 heavy (non-hydrogen) atoms. The fourth-order valence-corrected chi connectivity index (χ4v) is 2.04. The van der Waals surface area contributed by atoms with Crippen LogP contribution in [0, 0.1) is 0 Å². The highest BCUT2D eigenvalue weighted by atomic mass is 35.5. The van der Waals surface area contributed by atoms with E-state index in [2.05, 4.69) is 22.4 Å². The predicted octanol–water partition coefficient (Wildman–Crippen LogP) is 3.40. The van der Waals surface area contributed by atoms with Crippen molar-refractivity contribution in [2.75, 3.05) is 7.05 Å². The van der Waals surface area contributed by atoms with Crippen LogP contribution >= 0.6 is 11.6 Å². The molecule has 6 heteroatoms. The lowest BCUT2D eigenvalue weighted by Gasteiger charge is -2.14. The summed E-state index contributed by atoms with van der Waals surface area (Å²) < 4.78 is 11.2. The molecule has 114 valence electrons. The first-order valence-electron chi connectivity index (χ1n) is 7.05. The summed E-state index contributed by atoms with van der Waals surface area (Å²) in [6.07, 6.45) is 1.13. The number of hydrogen-bond donors (Lipinski definition) is 1. The number of ether oxygens (including phenoxy) is 1. The highest BCUT2D eigenvalue weighted by Crippen LogP contribution is 2.29. The molecule has 5 nitrogen and oxygen atoms in total. The molecule has 0 radical (unpaired) electrons. The van der Waals surface area contributed by atoms with Crippen molar-refractivity contribution in [3.05, 3.63) is 41.0 Å². The molecule has 0 aliphatic rings. The topological polar surface area (TPSA) is 60.2 Å². The van der Waals surface area contributed by atoms with E-state index in [9.17, 15) is 0 Å². The van der Waals surface area contributed by atoms with Gasteiger partial charge in [-0.1, -0.05) is 35.8 Å². The molecule has 2 unspecified atom stereocenters. The Morgan fingerprint density at radius 2 is 2.14 bits per heavy atom. The van der Waals surface area contributed by atoms with Crippen LogP contribution in [0.2, 0.25) is 5.02 Å². The highest BCUT2D eigenvalue weighted by molar-refractivity contribution is 6.32. The van der Waals surface area contributed by atoms with Gasteiger partial charge >= 0.3 is 0 Å². The first-order chi connectivity index (χ1) is 10.1. The first-order valence-corrected chi connectivity index (χ1v) is 7.42. The zero-order valence-corrected chi connectivity index (χ0v) is 13.2. The van der Waals surface area contributed by atoms with Crippen LogP contribution in [-0.4, -0.2) is 23.2 Å². The van der Waals surface area contributed by atoms with Crippen molar-refractivity contribution in [3.63, 3.8) is 0 Å². The Balaban J connectivity index is 2.09. The lowest BCUT2D eigenvalue weighted by Crippen LogP contribution is -2.24. The molecule has 2 aromatic rings. The number of rotatable bonds is 7. The SMILES string of the molecule is CCC(Oc1ccccc1Cl)c1nc(CC(C)NC)no1. The van der Waals surface area contributed by atoms with Crippen molar-refractivity contribution in [1.82, 2.24) is 15.5 Å². The molecule has 0 fully saturated rings. The van der Waals surface area contributed by atoms with E-state index in [1.54, 1.807) is 6.07 Å². The van der Waals surface area contributed by atoms with Gasteiger partial charge in [-0.25, -0.2) is 0 Å². The number of benzene rings is 1. The standard InChI is InChI=1S/C15H20ClN3O2/c1-4-12(20-13-8-6-5-7-11(13)16)15-18-14(19-21-15)9-10(2)17-3/h5-8,10,12,17H,4,9H2,1-3H3.